The molecule has 0 aromatic heterocycles. The van der Waals surface area contributed by atoms with Crippen LogP contribution < -0.4 is 9.47 Å². The number of hydrogen-bond acceptors (Lipinski definition) is 4. The van der Waals surface area contributed by atoms with Gasteiger partial charge in [0.2, 0.25) is 0 Å². The van der Waals surface area contributed by atoms with Gasteiger partial charge in [-0.25, -0.2) is 0 Å². The fourth-order valence-corrected chi connectivity index (χ4v) is 2.26. The van der Waals surface area contributed by atoms with Crippen molar-refractivity contribution in [1.29, 1.82) is 0 Å². The van der Waals surface area contributed by atoms with Gasteiger partial charge in [-0.1, -0.05) is 13.0 Å². The molecule has 4 nitrogen and oxygen atoms in total. The van der Waals surface area contributed by atoms with Crippen molar-refractivity contribution < 1.29 is 19.7 Å². The number of benzene rings is 1. The number of ether oxygens (including phenoxy) is 2. The van der Waals surface area contributed by atoms with Crippen LogP contribution in [0.25, 0.3) is 0 Å². The van der Waals surface area contributed by atoms with Crippen LogP contribution in [0.15, 0.2) is 18.2 Å². The van der Waals surface area contributed by atoms with Gasteiger partial charge in [-0.2, -0.15) is 0 Å². The molecule has 0 fully saturated rings. The SMILES string of the molecule is CCOc1ccc(C(CC)CC(O)CO)cc1OCC. The molecule has 2 N–H and O–H groups in total. The summed E-state index contributed by atoms with van der Waals surface area (Å²) in [6.45, 7) is 6.93. The number of aliphatic hydroxyl groups is 2. The lowest BCUT2D eigenvalue weighted by Crippen LogP contribution is -2.16. The maximum atomic E-state index is 9.63. The van der Waals surface area contributed by atoms with E-state index in [1.165, 1.54) is 0 Å². The van der Waals surface area contributed by atoms with Crippen LogP contribution >= 0.6 is 0 Å². The minimum atomic E-state index is -0.679. The van der Waals surface area contributed by atoms with Crippen molar-refractivity contribution in [1.82, 2.24) is 0 Å². The number of hydrogen-bond donors (Lipinski definition) is 2. The van der Waals surface area contributed by atoms with Crippen molar-refractivity contribution in [2.45, 2.75) is 45.6 Å². The molecule has 1 rings (SSSR count). The van der Waals surface area contributed by atoms with E-state index in [9.17, 15) is 5.11 Å². The highest BCUT2D eigenvalue weighted by Crippen LogP contribution is 2.34. The Kier molecular flexibility index (Phi) is 7.41. The second kappa shape index (κ2) is 8.82. The largest absolute Gasteiger partial charge is 0.490 e. The Morgan fingerprint density at radius 1 is 1.05 bits per heavy atom. The summed E-state index contributed by atoms with van der Waals surface area (Å²) >= 11 is 0. The van der Waals surface area contributed by atoms with Crippen LogP contribution in [0.3, 0.4) is 0 Å². The molecule has 0 saturated heterocycles. The number of aliphatic hydroxyl groups excluding tert-OH is 2. The van der Waals surface area contributed by atoms with Gasteiger partial charge in [-0.3, -0.25) is 0 Å². The van der Waals surface area contributed by atoms with Gasteiger partial charge in [-0.15, -0.1) is 0 Å². The van der Waals surface area contributed by atoms with Gasteiger partial charge in [-0.05, 0) is 50.3 Å². The highest BCUT2D eigenvalue weighted by molar-refractivity contribution is 5.44. The predicted octanol–water partition coefficient (Wildman–Crippen LogP) is 2.72. The summed E-state index contributed by atoms with van der Waals surface area (Å²) in [5.74, 6) is 1.69. The van der Waals surface area contributed by atoms with E-state index in [0.717, 1.165) is 23.5 Å². The first-order chi connectivity index (χ1) is 9.65. The number of rotatable bonds is 9. The third kappa shape index (κ3) is 4.69. The summed E-state index contributed by atoms with van der Waals surface area (Å²) < 4.78 is 11.2. The summed E-state index contributed by atoms with van der Waals surface area (Å²) in [4.78, 5) is 0. The molecule has 0 amide bonds. The van der Waals surface area contributed by atoms with E-state index in [1.54, 1.807) is 0 Å². The van der Waals surface area contributed by atoms with Gasteiger partial charge in [0.1, 0.15) is 0 Å². The zero-order chi connectivity index (χ0) is 15.0. The summed E-state index contributed by atoms with van der Waals surface area (Å²) in [5, 5.41) is 18.6. The highest BCUT2D eigenvalue weighted by Gasteiger charge is 2.16. The van der Waals surface area contributed by atoms with E-state index in [1.807, 2.05) is 32.0 Å². The van der Waals surface area contributed by atoms with Crippen LogP contribution in [0.1, 0.15) is 45.1 Å². The summed E-state index contributed by atoms with van der Waals surface area (Å²) in [5.41, 5.74) is 1.10. The molecule has 0 heterocycles. The average Bonchev–Trinajstić information content (AvgIpc) is 2.46. The van der Waals surface area contributed by atoms with Crippen molar-refractivity contribution >= 4 is 0 Å². The molecule has 2 atom stereocenters. The van der Waals surface area contributed by atoms with Gasteiger partial charge >= 0.3 is 0 Å². The quantitative estimate of drug-likeness (QED) is 0.731. The maximum absolute atomic E-state index is 9.63. The molecular formula is C16H26O4. The van der Waals surface area contributed by atoms with E-state index >= 15 is 0 Å². The van der Waals surface area contributed by atoms with Crippen LogP contribution in [0.5, 0.6) is 11.5 Å². The predicted molar refractivity (Wildman–Crippen MR) is 79.5 cm³/mol. The molecule has 0 spiro atoms. The fourth-order valence-electron chi connectivity index (χ4n) is 2.26. The van der Waals surface area contributed by atoms with Crippen molar-refractivity contribution in [3.8, 4) is 11.5 Å². The van der Waals surface area contributed by atoms with E-state index in [0.29, 0.717) is 19.6 Å². The van der Waals surface area contributed by atoms with Gasteiger partial charge < -0.3 is 19.7 Å². The second-order valence-electron chi connectivity index (χ2n) is 4.75. The Morgan fingerprint density at radius 3 is 2.25 bits per heavy atom. The first-order valence-electron chi connectivity index (χ1n) is 7.34. The molecule has 0 saturated carbocycles. The van der Waals surface area contributed by atoms with E-state index < -0.39 is 6.10 Å². The monoisotopic (exact) mass is 282 g/mol. The topological polar surface area (TPSA) is 58.9 Å². The molecule has 0 bridgehead atoms. The lowest BCUT2D eigenvalue weighted by atomic mass is 9.90. The Labute approximate surface area is 121 Å². The third-order valence-corrected chi connectivity index (χ3v) is 3.30. The highest BCUT2D eigenvalue weighted by atomic mass is 16.5. The van der Waals surface area contributed by atoms with Gasteiger partial charge in [0.25, 0.3) is 0 Å². The molecule has 1 aromatic carbocycles. The van der Waals surface area contributed by atoms with Crippen LogP contribution in [0, 0.1) is 0 Å². The molecule has 4 heteroatoms. The van der Waals surface area contributed by atoms with E-state index in [2.05, 4.69) is 6.92 Å². The minimum Gasteiger partial charge on any atom is -0.490 e. The lowest BCUT2D eigenvalue weighted by Gasteiger charge is -2.20. The second-order valence-corrected chi connectivity index (χ2v) is 4.75. The van der Waals surface area contributed by atoms with Gasteiger partial charge in [0.15, 0.2) is 11.5 Å². The van der Waals surface area contributed by atoms with E-state index in [-0.39, 0.29) is 12.5 Å². The van der Waals surface area contributed by atoms with Crippen LogP contribution in [-0.2, 0) is 0 Å². The first-order valence-corrected chi connectivity index (χ1v) is 7.34. The van der Waals surface area contributed by atoms with Gasteiger partial charge in [0, 0.05) is 0 Å². The molecule has 0 aliphatic rings. The zero-order valence-corrected chi connectivity index (χ0v) is 12.6. The van der Waals surface area contributed by atoms with Crippen LogP contribution in [0.4, 0.5) is 0 Å². The summed E-state index contributed by atoms with van der Waals surface area (Å²) in [7, 11) is 0. The van der Waals surface area contributed by atoms with Gasteiger partial charge in [0.05, 0.1) is 25.9 Å². The van der Waals surface area contributed by atoms with Crippen molar-refractivity contribution in [3.05, 3.63) is 23.8 Å². The van der Waals surface area contributed by atoms with Crippen molar-refractivity contribution in [2.24, 2.45) is 0 Å². The molecule has 0 aliphatic carbocycles. The van der Waals surface area contributed by atoms with Crippen molar-refractivity contribution in [3.63, 3.8) is 0 Å². The minimum absolute atomic E-state index is 0.201. The molecule has 20 heavy (non-hydrogen) atoms. The molecule has 114 valence electrons. The Morgan fingerprint density at radius 2 is 1.70 bits per heavy atom. The zero-order valence-electron chi connectivity index (χ0n) is 12.6. The Hall–Kier alpha value is -1.26. The lowest BCUT2D eigenvalue weighted by molar-refractivity contribution is 0.0817. The smallest absolute Gasteiger partial charge is 0.161 e. The standard InChI is InChI=1S/C16H26O4/c1-4-12(9-14(18)11-17)13-7-8-15(19-5-2)16(10-13)20-6-3/h7-8,10,12,14,17-18H,4-6,9,11H2,1-3H3. The fraction of sp³-hybridized carbons (Fsp3) is 0.625. The Bertz CT molecular complexity index is 392. The normalized spacial score (nSPS) is 13.8. The molecule has 1 aromatic rings. The van der Waals surface area contributed by atoms with Crippen molar-refractivity contribution in [2.75, 3.05) is 19.8 Å². The van der Waals surface area contributed by atoms with Crippen LogP contribution in [-0.4, -0.2) is 36.1 Å². The van der Waals surface area contributed by atoms with Crippen LogP contribution in [0.2, 0.25) is 0 Å². The molecule has 0 aliphatic heterocycles. The average molecular weight is 282 g/mol. The molecule has 2 unspecified atom stereocenters. The third-order valence-electron chi connectivity index (χ3n) is 3.30. The molecular weight excluding hydrogens is 256 g/mol. The Balaban J connectivity index is 2.95. The maximum Gasteiger partial charge on any atom is 0.161 e. The summed E-state index contributed by atoms with van der Waals surface area (Å²) in [6, 6.07) is 5.90. The summed E-state index contributed by atoms with van der Waals surface area (Å²) in [6.07, 6.45) is 0.769. The first kappa shape index (κ1) is 16.8. The van der Waals surface area contributed by atoms with E-state index in [4.69, 9.17) is 14.6 Å². The molecule has 0 radical (unpaired) electrons.